The van der Waals surface area contributed by atoms with Crippen LogP contribution in [0.2, 0.25) is 0 Å². The maximum Gasteiger partial charge on any atom is 0.00794 e. The lowest BCUT2D eigenvalue weighted by atomic mass is 9.97. The highest BCUT2D eigenvalue weighted by Gasteiger charge is 2.12. The smallest absolute Gasteiger partial charge is 0.00794 e. The molecule has 1 aromatic carbocycles. The summed E-state index contributed by atoms with van der Waals surface area (Å²) in [7, 11) is 0. The van der Waals surface area contributed by atoms with Crippen molar-refractivity contribution >= 4 is 0 Å². The van der Waals surface area contributed by atoms with E-state index in [0.717, 1.165) is 18.8 Å². The lowest BCUT2D eigenvalue weighted by Crippen LogP contribution is -2.23. The van der Waals surface area contributed by atoms with E-state index in [-0.39, 0.29) is 0 Å². The molecule has 1 aliphatic rings. The Morgan fingerprint density at radius 1 is 1.12 bits per heavy atom. The Hall–Kier alpha value is -0.820. The fraction of sp³-hybridized carbons (Fsp3) is 0.625. The minimum absolute atomic E-state index is 0.330. The highest BCUT2D eigenvalue weighted by atomic mass is 14.6. The van der Waals surface area contributed by atoms with E-state index < -0.39 is 0 Å². The van der Waals surface area contributed by atoms with Crippen LogP contribution in [0.3, 0.4) is 0 Å². The van der Waals surface area contributed by atoms with E-state index in [1.165, 1.54) is 31.2 Å². The second kappa shape index (κ2) is 5.68. The third-order valence-corrected chi connectivity index (χ3v) is 3.78. The first kappa shape index (κ1) is 12.6. The zero-order valence-corrected chi connectivity index (χ0v) is 11.2. The lowest BCUT2D eigenvalue weighted by Gasteiger charge is -2.14. The molecule has 0 saturated carbocycles. The van der Waals surface area contributed by atoms with Crippen LogP contribution in [0, 0.1) is 5.92 Å². The fourth-order valence-electron chi connectivity index (χ4n) is 2.70. The summed E-state index contributed by atoms with van der Waals surface area (Å²) < 4.78 is 0. The highest BCUT2D eigenvalue weighted by molar-refractivity contribution is 5.35. The van der Waals surface area contributed by atoms with E-state index in [1.54, 1.807) is 11.1 Å². The largest absolute Gasteiger partial charge is 0.327 e. The van der Waals surface area contributed by atoms with Gasteiger partial charge in [-0.05, 0) is 61.1 Å². The van der Waals surface area contributed by atoms with Crippen molar-refractivity contribution in [1.82, 2.24) is 0 Å². The van der Waals surface area contributed by atoms with Crippen molar-refractivity contribution in [2.45, 2.75) is 58.4 Å². The number of hydrogen-bond acceptors (Lipinski definition) is 1. The second-order valence-corrected chi connectivity index (χ2v) is 5.89. The van der Waals surface area contributed by atoms with Crippen LogP contribution in [0.5, 0.6) is 0 Å². The van der Waals surface area contributed by atoms with Crippen LogP contribution in [0.4, 0.5) is 0 Å². The first-order chi connectivity index (χ1) is 8.15. The molecular formula is C16H25N. The fourth-order valence-corrected chi connectivity index (χ4v) is 2.70. The SMILES string of the molecule is CC(C)CCC(N)Cc1ccc2c(c1)CCC2. The summed E-state index contributed by atoms with van der Waals surface area (Å²) in [5.41, 5.74) is 10.8. The molecular weight excluding hydrogens is 206 g/mol. The molecule has 0 radical (unpaired) electrons. The number of fused-ring (bicyclic) bond motifs is 1. The van der Waals surface area contributed by atoms with Crippen LogP contribution in [0.15, 0.2) is 18.2 Å². The van der Waals surface area contributed by atoms with Gasteiger partial charge in [0.15, 0.2) is 0 Å². The average Bonchev–Trinajstić information content (AvgIpc) is 2.73. The molecule has 2 N–H and O–H groups in total. The summed E-state index contributed by atoms with van der Waals surface area (Å²) in [6.07, 6.45) is 7.30. The van der Waals surface area contributed by atoms with Crippen molar-refractivity contribution in [2.75, 3.05) is 0 Å². The highest BCUT2D eigenvalue weighted by Crippen LogP contribution is 2.23. The van der Waals surface area contributed by atoms with Gasteiger partial charge in [0.05, 0.1) is 0 Å². The molecule has 17 heavy (non-hydrogen) atoms. The van der Waals surface area contributed by atoms with Crippen LogP contribution in [-0.4, -0.2) is 6.04 Å². The topological polar surface area (TPSA) is 26.0 Å². The molecule has 1 aliphatic carbocycles. The Morgan fingerprint density at radius 3 is 2.65 bits per heavy atom. The quantitative estimate of drug-likeness (QED) is 0.825. The minimum Gasteiger partial charge on any atom is -0.327 e. The van der Waals surface area contributed by atoms with Crippen molar-refractivity contribution in [3.63, 3.8) is 0 Å². The molecule has 0 amide bonds. The molecule has 1 unspecified atom stereocenters. The molecule has 0 heterocycles. The van der Waals surface area contributed by atoms with Gasteiger partial charge in [0, 0.05) is 6.04 Å². The van der Waals surface area contributed by atoms with E-state index in [1.807, 2.05) is 0 Å². The lowest BCUT2D eigenvalue weighted by molar-refractivity contribution is 0.494. The van der Waals surface area contributed by atoms with Crippen molar-refractivity contribution in [3.05, 3.63) is 34.9 Å². The van der Waals surface area contributed by atoms with Gasteiger partial charge in [-0.3, -0.25) is 0 Å². The van der Waals surface area contributed by atoms with E-state index in [0.29, 0.717) is 6.04 Å². The van der Waals surface area contributed by atoms with Gasteiger partial charge in [-0.2, -0.15) is 0 Å². The third-order valence-electron chi connectivity index (χ3n) is 3.78. The molecule has 1 aromatic rings. The summed E-state index contributed by atoms with van der Waals surface area (Å²) in [6, 6.07) is 7.31. The van der Waals surface area contributed by atoms with E-state index in [9.17, 15) is 0 Å². The van der Waals surface area contributed by atoms with E-state index in [2.05, 4.69) is 32.0 Å². The molecule has 0 saturated heterocycles. The average molecular weight is 231 g/mol. The zero-order valence-electron chi connectivity index (χ0n) is 11.2. The van der Waals surface area contributed by atoms with Gasteiger partial charge in [0.2, 0.25) is 0 Å². The zero-order chi connectivity index (χ0) is 12.3. The van der Waals surface area contributed by atoms with Crippen LogP contribution >= 0.6 is 0 Å². The molecule has 0 bridgehead atoms. The summed E-state index contributed by atoms with van der Waals surface area (Å²) in [5.74, 6) is 0.765. The molecule has 2 rings (SSSR count). The summed E-state index contributed by atoms with van der Waals surface area (Å²) in [5, 5.41) is 0. The van der Waals surface area contributed by atoms with Crippen molar-refractivity contribution in [1.29, 1.82) is 0 Å². The Morgan fingerprint density at radius 2 is 1.88 bits per heavy atom. The minimum atomic E-state index is 0.330. The molecule has 0 fully saturated rings. The normalized spacial score (nSPS) is 16.2. The molecule has 94 valence electrons. The van der Waals surface area contributed by atoms with Crippen LogP contribution in [0.1, 0.15) is 49.8 Å². The molecule has 1 atom stereocenters. The van der Waals surface area contributed by atoms with Crippen molar-refractivity contribution in [2.24, 2.45) is 11.7 Å². The number of rotatable bonds is 5. The Bertz CT molecular complexity index is 368. The first-order valence-corrected chi connectivity index (χ1v) is 7.01. The first-order valence-electron chi connectivity index (χ1n) is 7.01. The Balaban J connectivity index is 1.90. The van der Waals surface area contributed by atoms with E-state index >= 15 is 0 Å². The van der Waals surface area contributed by atoms with Gasteiger partial charge in [-0.1, -0.05) is 32.0 Å². The van der Waals surface area contributed by atoms with Gasteiger partial charge in [-0.15, -0.1) is 0 Å². The molecule has 0 aliphatic heterocycles. The predicted octanol–water partition coefficient (Wildman–Crippen LogP) is 3.48. The third kappa shape index (κ3) is 3.57. The van der Waals surface area contributed by atoms with E-state index in [4.69, 9.17) is 5.73 Å². The summed E-state index contributed by atoms with van der Waals surface area (Å²) >= 11 is 0. The molecule has 1 heteroatoms. The summed E-state index contributed by atoms with van der Waals surface area (Å²) in [4.78, 5) is 0. The maximum atomic E-state index is 6.20. The van der Waals surface area contributed by atoms with Crippen LogP contribution < -0.4 is 5.73 Å². The Kier molecular flexibility index (Phi) is 4.22. The van der Waals surface area contributed by atoms with Gasteiger partial charge in [0.25, 0.3) is 0 Å². The Labute approximate surface area is 105 Å². The van der Waals surface area contributed by atoms with Crippen molar-refractivity contribution in [3.8, 4) is 0 Å². The molecule has 1 nitrogen and oxygen atoms in total. The van der Waals surface area contributed by atoms with Gasteiger partial charge >= 0.3 is 0 Å². The van der Waals surface area contributed by atoms with Gasteiger partial charge in [0.1, 0.15) is 0 Å². The second-order valence-electron chi connectivity index (χ2n) is 5.89. The molecule has 0 spiro atoms. The van der Waals surface area contributed by atoms with Crippen LogP contribution in [-0.2, 0) is 19.3 Å². The monoisotopic (exact) mass is 231 g/mol. The number of benzene rings is 1. The number of hydrogen-bond donors (Lipinski definition) is 1. The van der Waals surface area contributed by atoms with Gasteiger partial charge < -0.3 is 5.73 Å². The standard InChI is InChI=1S/C16H25N/c1-12(2)6-9-16(17)11-13-7-8-14-4-3-5-15(14)10-13/h7-8,10,12,16H,3-6,9,11,17H2,1-2H3. The number of nitrogens with two attached hydrogens (primary N) is 1. The summed E-state index contributed by atoms with van der Waals surface area (Å²) in [6.45, 7) is 4.53. The van der Waals surface area contributed by atoms with Crippen LogP contribution in [0.25, 0.3) is 0 Å². The maximum absolute atomic E-state index is 6.20. The van der Waals surface area contributed by atoms with Crippen molar-refractivity contribution < 1.29 is 0 Å². The predicted molar refractivity (Wildman–Crippen MR) is 74.2 cm³/mol. The number of aryl methyl sites for hydroxylation is 2. The van der Waals surface area contributed by atoms with Gasteiger partial charge in [-0.25, -0.2) is 0 Å². The molecule has 0 aromatic heterocycles.